The quantitative estimate of drug-likeness (QED) is 0.680. The standard InChI is InChI=1S/C24H31N3O3/c1-5-15-27(23(29)30-24(2,3)4)21-14-13-19(17-25-21)20-12-9-16-26(20)22(28)18-10-7-6-8-11-18/h6-8,10-11,13-14,17,20H,5,9,12,15-16H2,1-4H3. The molecule has 2 amide bonds. The maximum atomic E-state index is 12.9. The van der Waals surface area contributed by atoms with Crippen LogP contribution in [0.3, 0.4) is 0 Å². The highest BCUT2D eigenvalue weighted by molar-refractivity contribution is 5.94. The van der Waals surface area contributed by atoms with Crippen molar-refractivity contribution in [2.45, 2.75) is 58.6 Å². The summed E-state index contributed by atoms with van der Waals surface area (Å²) in [6.45, 7) is 8.83. The molecule has 0 radical (unpaired) electrons. The van der Waals surface area contributed by atoms with Crippen LogP contribution < -0.4 is 4.90 Å². The third kappa shape index (κ3) is 5.17. The van der Waals surface area contributed by atoms with E-state index in [0.29, 0.717) is 17.9 Å². The summed E-state index contributed by atoms with van der Waals surface area (Å²) < 4.78 is 5.53. The fraction of sp³-hybridized carbons (Fsp3) is 0.458. The van der Waals surface area contributed by atoms with E-state index < -0.39 is 11.7 Å². The van der Waals surface area contributed by atoms with Crippen LogP contribution in [-0.4, -0.2) is 40.6 Å². The van der Waals surface area contributed by atoms with Gasteiger partial charge in [0.15, 0.2) is 0 Å². The number of rotatable bonds is 5. The molecule has 1 aliphatic rings. The average molecular weight is 410 g/mol. The van der Waals surface area contributed by atoms with Gasteiger partial charge in [-0.2, -0.15) is 0 Å². The largest absolute Gasteiger partial charge is 0.443 e. The molecule has 0 aliphatic carbocycles. The molecule has 1 atom stereocenters. The fourth-order valence-electron chi connectivity index (χ4n) is 3.70. The Morgan fingerprint density at radius 2 is 1.90 bits per heavy atom. The number of carbonyl (C=O) groups is 2. The Bertz CT molecular complexity index is 860. The highest BCUT2D eigenvalue weighted by Gasteiger charge is 2.31. The van der Waals surface area contributed by atoms with E-state index in [1.54, 1.807) is 11.1 Å². The van der Waals surface area contributed by atoms with Gasteiger partial charge in [0.25, 0.3) is 5.91 Å². The molecule has 3 rings (SSSR count). The van der Waals surface area contributed by atoms with Gasteiger partial charge in [-0.05, 0) is 63.8 Å². The molecule has 0 N–H and O–H groups in total. The number of likely N-dealkylation sites (tertiary alicyclic amines) is 1. The molecule has 1 aromatic carbocycles. The van der Waals surface area contributed by atoms with Gasteiger partial charge in [0, 0.05) is 24.8 Å². The van der Waals surface area contributed by atoms with E-state index in [9.17, 15) is 9.59 Å². The molecule has 6 nitrogen and oxygen atoms in total. The molecule has 1 saturated heterocycles. The van der Waals surface area contributed by atoms with E-state index in [1.807, 2.05) is 75.1 Å². The van der Waals surface area contributed by atoms with Crippen molar-refractivity contribution in [1.29, 1.82) is 0 Å². The van der Waals surface area contributed by atoms with E-state index >= 15 is 0 Å². The summed E-state index contributed by atoms with van der Waals surface area (Å²) in [7, 11) is 0. The lowest BCUT2D eigenvalue weighted by molar-refractivity contribution is 0.0579. The van der Waals surface area contributed by atoms with Crippen molar-refractivity contribution in [3.63, 3.8) is 0 Å². The predicted octanol–water partition coefficient (Wildman–Crippen LogP) is 5.21. The minimum absolute atomic E-state index is 0.000378. The van der Waals surface area contributed by atoms with Gasteiger partial charge in [0.2, 0.25) is 0 Å². The van der Waals surface area contributed by atoms with Crippen molar-refractivity contribution in [2.24, 2.45) is 0 Å². The Morgan fingerprint density at radius 3 is 2.50 bits per heavy atom. The first kappa shape index (κ1) is 21.8. The van der Waals surface area contributed by atoms with Crippen molar-refractivity contribution in [1.82, 2.24) is 9.88 Å². The number of hydrogen-bond acceptors (Lipinski definition) is 4. The van der Waals surface area contributed by atoms with Gasteiger partial charge >= 0.3 is 6.09 Å². The van der Waals surface area contributed by atoms with E-state index in [0.717, 1.165) is 31.4 Å². The second-order valence-electron chi connectivity index (χ2n) is 8.60. The zero-order valence-corrected chi connectivity index (χ0v) is 18.3. The number of nitrogens with zero attached hydrogens (tertiary/aromatic N) is 3. The Hall–Kier alpha value is -2.89. The first-order chi connectivity index (χ1) is 14.3. The minimum Gasteiger partial charge on any atom is -0.443 e. The molecule has 30 heavy (non-hydrogen) atoms. The summed E-state index contributed by atoms with van der Waals surface area (Å²) >= 11 is 0. The van der Waals surface area contributed by atoms with Crippen LogP contribution in [0.15, 0.2) is 48.7 Å². The summed E-state index contributed by atoms with van der Waals surface area (Å²) in [4.78, 5) is 33.6. The van der Waals surface area contributed by atoms with Crippen molar-refractivity contribution >= 4 is 17.8 Å². The van der Waals surface area contributed by atoms with Gasteiger partial charge in [-0.15, -0.1) is 0 Å². The third-order valence-corrected chi connectivity index (χ3v) is 5.03. The fourth-order valence-corrected chi connectivity index (χ4v) is 3.70. The zero-order chi connectivity index (χ0) is 21.7. The van der Waals surface area contributed by atoms with Gasteiger partial charge in [-0.3, -0.25) is 9.69 Å². The molecule has 1 aliphatic heterocycles. The molecule has 2 heterocycles. The Morgan fingerprint density at radius 1 is 1.17 bits per heavy atom. The van der Waals surface area contributed by atoms with E-state index in [4.69, 9.17) is 4.74 Å². The summed E-state index contributed by atoms with van der Waals surface area (Å²) in [6.07, 6.45) is 4.05. The molecule has 160 valence electrons. The second-order valence-corrected chi connectivity index (χ2v) is 8.60. The van der Waals surface area contributed by atoms with Gasteiger partial charge in [-0.1, -0.05) is 31.2 Å². The van der Waals surface area contributed by atoms with Crippen LogP contribution in [0.2, 0.25) is 0 Å². The lowest BCUT2D eigenvalue weighted by Gasteiger charge is -2.27. The van der Waals surface area contributed by atoms with E-state index in [2.05, 4.69) is 4.98 Å². The molecule has 1 aromatic heterocycles. The molecule has 6 heteroatoms. The van der Waals surface area contributed by atoms with Crippen LogP contribution in [0.5, 0.6) is 0 Å². The number of aromatic nitrogens is 1. The van der Waals surface area contributed by atoms with Crippen molar-refractivity contribution in [3.05, 3.63) is 59.8 Å². The molecular formula is C24H31N3O3. The molecule has 0 bridgehead atoms. The smallest absolute Gasteiger partial charge is 0.416 e. The summed E-state index contributed by atoms with van der Waals surface area (Å²) in [5, 5.41) is 0. The first-order valence-electron chi connectivity index (χ1n) is 10.6. The monoisotopic (exact) mass is 409 g/mol. The highest BCUT2D eigenvalue weighted by Crippen LogP contribution is 2.33. The molecule has 2 aromatic rings. The molecule has 0 saturated carbocycles. The topological polar surface area (TPSA) is 62.7 Å². The number of pyridine rings is 1. The zero-order valence-electron chi connectivity index (χ0n) is 18.3. The Balaban J connectivity index is 1.78. The minimum atomic E-state index is -0.564. The summed E-state index contributed by atoms with van der Waals surface area (Å²) in [5.41, 5.74) is 1.12. The number of hydrogen-bond donors (Lipinski definition) is 0. The van der Waals surface area contributed by atoms with Crippen LogP contribution in [0.25, 0.3) is 0 Å². The Kier molecular flexibility index (Phi) is 6.75. The van der Waals surface area contributed by atoms with Crippen LogP contribution >= 0.6 is 0 Å². The molecular weight excluding hydrogens is 378 g/mol. The van der Waals surface area contributed by atoms with Crippen LogP contribution in [0.1, 0.15) is 68.9 Å². The SMILES string of the molecule is CCCN(C(=O)OC(C)(C)C)c1ccc(C2CCCN2C(=O)c2ccccc2)cn1. The normalized spacial score (nSPS) is 16.4. The first-order valence-corrected chi connectivity index (χ1v) is 10.6. The van der Waals surface area contributed by atoms with Crippen molar-refractivity contribution in [2.75, 3.05) is 18.0 Å². The summed E-state index contributed by atoms with van der Waals surface area (Å²) in [6, 6.07) is 13.2. The number of amides is 2. The third-order valence-electron chi connectivity index (χ3n) is 5.03. The van der Waals surface area contributed by atoms with Gasteiger partial charge in [0.1, 0.15) is 11.4 Å². The van der Waals surface area contributed by atoms with Gasteiger partial charge in [-0.25, -0.2) is 9.78 Å². The molecule has 1 unspecified atom stereocenters. The lowest BCUT2D eigenvalue weighted by atomic mass is 10.1. The van der Waals surface area contributed by atoms with E-state index in [1.165, 1.54) is 0 Å². The van der Waals surface area contributed by atoms with Gasteiger partial charge in [0.05, 0.1) is 6.04 Å². The second kappa shape index (κ2) is 9.28. The Labute approximate surface area is 178 Å². The maximum absolute atomic E-state index is 12.9. The van der Waals surface area contributed by atoms with Crippen molar-refractivity contribution in [3.8, 4) is 0 Å². The number of anilines is 1. The predicted molar refractivity (Wildman–Crippen MR) is 118 cm³/mol. The number of ether oxygens (including phenoxy) is 1. The van der Waals surface area contributed by atoms with Crippen LogP contribution in [0.4, 0.5) is 10.6 Å². The van der Waals surface area contributed by atoms with Crippen LogP contribution in [-0.2, 0) is 4.74 Å². The molecule has 0 spiro atoms. The van der Waals surface area contributed by atoms with Crippen molar-refractivity contribution < 1.29 is 14.3 Å². The van der Waals surface area contributed by atoms with Crippen LogP contribution in [0, 0.1) is 0 Å². The maximum Gasteiger partial charge on any atom is 0.416 e. The van der Waals surface area contributed by atoms with E-state index in [-0.39, 0.29) is 11.9 Å². The van der Waals surface area contributed by atoms with Gasteiger partial charge < -0.3 is 9.64 Å². The number of benzene rings is 1. The highest BCUT2D eigenvalue weighted by atomic mass is 16.6. The lowest BCUT2D eigenvalue weighted by Crippen LogP contribution is -2.38. The number of carbonyl (C=O) groups excluding carboxylic acids is 2. The summed E-state index contributed by atoms with van der Waals surface area (Å²) in [5.74, 6) is 0.609. The molecule has 1 fully saturated rings. The average Bonchev–Trinajstić information content (AvgIpc) is 3.21.